The maximum Gasteiger partial charge on any atom is 0.238 e. The number of rotatable bonds is 6. The van der Waals surface area contributed by atoms with Crippen LogP contribution in [0.5, 0.6) is 0 Å². The summed E-state index contributed by atoms with van der Waals surface area (Å²) in [7, 11) is -2.10. The standard InChI is InChI=1S/C10H22O5Si/c1-10(2,3)16(4,5)15-14-9(7-12)8(13)6-11/h6,8-9,12-13H,7H2,1-5H3/t8-,9+/m0/s1. The van der Waals surface area contributed by atoms with E-state index in [0.29, 0.717) is 6.29 Å². The Bertz CT molecular complexity index is 224. The minimum Gasteiger partial charge on any atom is -0.393 e. The predicted molar refractivity (Wildman–Crippen MR) is 62.3 cm³/mol. The lowest BCUT2D eigenvalue weighted by Crippen LogP contribution is -2.44. The fraction of sp³-hybridized carbons (Fsp3) is 0.900. The molecule has 2 N–H and O–H groups in total. The SMILES string of the molecule is CC(C)(C)[Si](C)(C)OO[C@H](CO)[C@@H](O)C=O. The molecule has 0 radical (unpaired) electrons. The van der Waals surface area contributed by atoms with Crippen molar-refractivity contribution in [1.29, 1.82) is 0 Å². The van der Waals surface area contributed by atoms with E-state index in [-0.39, 0.29) is 5.04 Å². The fourth-order valence-electron chi connectivity index (χ4n) is 0.590. The summed E-state index contributed by atoms with van der Waals surface area (Å²) in [6.45, 7) is 9.57. The van der Waals surface area contributed by atoms with Crippen molar-refractivity contribution in [3.05, 3.63) is 0 Å². The zero-order valence-corrected chi connectivity index (χ0v) is 11.6. The fourth-order valence-corrected chi connectivity index (χ4v) is 1.20. The van der Waals surface area contributed by atoms with Crippen molar-refractivity contribution in [3.8, 4) is 0 Å². The van der Waals surface area contributed by atoms with Crippen LogP contribution >= 0.6 is 0 Å². The molecule has 0 aromatic heterocycles. The maximum absolute atomic E-state index is 10.3. The normalized spacial score (nSPS) is 16.9. The number of carbonyl (C=O) groups is 1. The summed E-state index contributed by atoms with van der Waals surface area (Å²) in [6, 6.07) is 0. The van der Waals surface area contributed by atoms with Gasteiger partial charge in [-0.15, -0.1) is 0 Å². The molecule has 6 heteroatoms. The molecule has 0 amide bonds. The zero-order chi connectivity index (χ0) is 13.0. The van der Waals surface area contributed by atoms with Gasteiger partial charge in [0.2, 0.25) is 8.32 Å². The number of aliphatic hydroxyl groups is 2. The Kier molecular flexibility index (Phi) is 5.78. The third kappa shape index (κ3) is 4.30. The first-order chi connectivity index (χ1) is 7.15. The van der Waals surface area contributed by atoms with Crippen LogP contribution in [0.25, 0.3) is 0 Å². The topological polar surface area (TPSA) is 76.0 Å². The molecule has 0 aliphatic heterocycles. The van der Waals surface area contributed by atoms with E-state index in [1.165, 1.54) is 0 Å². The van der Waals surface area contributed by atoms with Gasteiger partial charge in [-0.2, -0.15) is 0 Å². The van der Waals surface area contributed by atoms with Gasteiger partial charge in [-0.3, -0.25) is 4.58 Å². The highest BCUT2D eigenvalue weighted by Gasteiger charge is 2.40. The summed E-state index contributed by atoms with van der Waals surface area (Å²) in [5.74, 6) is 0. The van der Waals surface area contributed by atoms with E-state index < -0.39 is 27.1 Å². The second kappa shape index (κ2) is 5.88. The molecule has 0 aliphatic rings. The van der Waals surface area contributed by atoms with Gasteiger partial charge in [0.1, 0.15) is 12.2 Å². The van der Waals surface area contributed by atoms with E-state index in [2.05, 4.69) is 0 Å². The third-order valence-corrected chi connectivity index (χ3v) is 7.01. The van der Waals surface area contributed by atoms with Gasteiger partial charge in [0.05, 0.1) is 6.61 Å². The van der Waals surface area contributed by atoms with Crippen LogP contribution in [0.3, 0.4) is 0 Å². The highest BCUT2D eigenvalue weighted by Crippen LogP contribution is 2.36. The number of hydrogen-bond acceptors (Lipinski definition) is 5. The Morgan fingerprint density at radius 2 is 1.88 bits per heavy atom. The van der Waals surface area contributed by atoms with Crippen molar-refractivity contribution in [1.82, 2.24) is 0 Å². The Morgan fingerprint density at radius 3 is 2.19 bits per heavy atom. The summed E-state index contributed by atoms with van der Waals surface area (Å²) < 4.78 is 5.33. The van der Waals surface area contributed by atoms with Crippen molar-refractivity contribution in [3.63, 3.8) is 0 Å². The lowest BCUT2D eigenvalue weighted by Gasteiger charge is -2.35. The van der Waals surface area contributed by atoms with Gasteiger partial charge in [0.15, 0.2) is 6.29 Å². The maximum atomic E-state index is 10.3. The van der Waals surface area contributed by atoms with Crippen LogP contribution in [0.15, 0.2) is 0 Å². The molecule has 0 saturated heterocycles. The second-order valence-electron chi connectivity index (χ2n) is 5.29. The Morgan fingerprint density at radius 1 is 1.38 bits per heavy atom. The Balaban J connectivity index is 4.37. The number of hydrogen-bond donors (Lipinski definition) is 2. The molecule has 0 saturated carbocycles. The van der Waals surface area contributed by atoms with E-state index in [9.17, 15) is 9.90 Å². The molecule has 0 rings (SSSR count). The minimum atomic E-state index is -2.10. The number of carbonyl (C=O) groups excluding carboxylic acids is 1. The highest BCUT2D eigenvalue weighted by atomic mass is 28.4. The molecular formula is C10H22O5Si. The summed E-state index contributed by atoms with van der Waals surface area (Å²) in [6.07, 6.45) is -2.07. The molecular weight excluding hydrogens is 228 g/mol. The van der Waals surface area contributed by atoms with Crippen molar-refractivity contribution in [2.45, 2.75) is 51.1 Å². The van der Waals surface area contributed by atoms with Crippen molar-refractivity contribution in [2.75, 3.05) is 6.61 Å². The van der Waals surface area contributed by atoms with Gasteiger partial charge < -0.3 is 15.0 Å². The lowest BCUT2D eigenvalue weighted by atomic mass is 10.2. The molecule has 0 aromatic carbocycles. The van der Waals surface area contributed by atoms with Crippen LogP contribution in [-0.4, -0.2) is 43.6 Å². The summed E-state index contributed by atoms with van der Waals surface area (Å²) >= 11 is 0. The number of aliphatic hydroxyl groups excluding tert-OH is 2. The van der Waals surface area contributed by atoms with Crippen LogP contribution in [0, 0.1) is 0 Å². The van der Waals surface area contributed by atoms with Crippen LogP contribution in [-0.2, 0) is 14.3 Å². The quantitative estimate of drug-likeness (QED) is 0.316. The van der Waals surface area contributed by atoms with Crippen molar-refractivity contribution in [2.24, 2.45) is 0 Å². The average molecular weight is 250 g/mol. The molecule has 5 nitrogen and oxygen atoms in total. The van der Waals surface area contributed by atoms with Gasteiger partial charge >= 0.3 is 0 Å². The molecule has 0 aliphatic carbocycles. The molecule has 0 heterocycles. The van der Waals surface area contributed by atoms with E-state index in [1.807, 2.05) is 33.9 Å². The Labute approximate surface area is 97.4 Å². The summed E-state index contributed by atoms with van der Waals surface area (Å²) in [4.78, 5) is 15.3. The molecule has 0 aromatic rings. The van der Waals surface area contributed by atoms with Crippen molar-refractivity contribution < 1.29 is 24.5 Å². The van der Waals surface area contributed by atoms with E-state index in [1.54, 1.807) is 0 Å². The smallest absolute Gasteiger partial charge is 0.238 e. The van der Waals surface area contributed by atoms with Crippen LogP contribution in [0.1, 0.15) is 20.8 Å². The van der Waals surface area contributed by atoms with Gasteiger partial charge in [-0.1, -0.05) is 20.8 Å². The van der Waals surface area contributed by atoms with Gasteiger partial charge in [0, 0.05) is 0 Å². The van der Waals surface area contributed by atoms with Gasteiger partial charge in [-0.25, -0.2) is 4.89 Å². The number of aldehydes is 1. The molecule has 0 unspecified atom stereocenters. The van der Waals surface area contributed by atoms with Gasteiger partial charge in [-0.05, 0) is 18.1 Å². The monoisotopic (exact) mass is 250 g/mol. The molecule has 16 heavy (non-hydrogen) atoms. The summed E-state index contributed by atoms with van der Waals surface area (Å²) in [5.41, 5.74) is 0. The van der Waals surface area contributed by atoms with Crippen LogP contribution < -0.4 is 0 Å². The van der Waals surface area contributed by atoms with Crippen LogP contribution in [0.4, 0.5) is 0 Å². The van der Waals surface area contributed by atoms with E-state index >= 15 is 0 Å². The lowest BCUT2D eigenvalue weighted by molar-refractivity contribution is -0.280. The highest BCUT2D eigenvalue weighted by molar-refractivity contribution is 6.73. The van der Waals surface area contributed by atoms with Crippen molar-refractivity contribution >= 4 is 14.6 Å². The van der Waals surface area contributed by atoms with E-state index in [4.69, 9.17) is 14.6 Å². The molecule has 0 bridgehead atoms. The third-order valence-electron chi connectivity index (χ3n) is 2.89. The zero-order valence-electron chi connectivity index (χ0n) is 10.6. The largest absolute Gasteiger partial charge is 0.393 e. The minimum absolute atomic E-state index is 0.0425. The first-order valence-electron chi connectivity index (χ1n) is 5.24. The second-order valence-corrected chi connectivity index (χ2v) is 9.97. The van der Waals surface area contributed by atoms with E-state index in [0.717, 1.165) is 0 Å². The van der Waals surface area contributed by atoms with Gasteiger partial charge in [0.25, 0.3) is 0 Å². The molecule has 2 atom stereocenters. The average Bonchev–Trinajstić information content (AvgIpc) is 2.16. The Hall–Kier alpha value is -0.273. The molecule has 0 fully saturated rings. The first-order valence-corrected chi connectivity index (χ1v) is 8.15. The summed E-state index contributed by atoms with van der Waals surface area (Å²) in [5, 5.41) is 18.1. The van der Waals surface area contributed by atoms with Crippen LogP contribution in [0.2, 0.25) is 18.1 Å². The molecule has 96 valence electrons. The first kappa shape index (κ1) is 15.7. The predicted octanol–water partition coefficient (Wildman–Crippen LogP) is 0.860. The molecule has 0 spiro atoms.